The summed E-state index contributed by atoms with van der Waals surface area (Å²) in [4.78, 5) is 21.5. The molecule has 7 nitrogen and oxygen atoms in total. The Hall–Kier alpha value is -2.18. The predicted octanol–water partition coefficient (Wildman–Crippen LogP) is 0.822. The molecule has 0 amide bonds. The van der Waals surface area contributed by atoms with E-state index in [9.17, 15) is 4.79 Å². The minimum Gasteiger partial charge on any atom is -0.469 e. The van der Waals surface area contributed by atoms with E-state index >= 15 is 0 Å². The lowest BCUT2D eigenvalue weighted by molar-refractivity contribution is -0.140. The Morgan fingerprint density at radius 3 is 3.05 bits per heavy atom. The van der Waals surface area contributed by atoms with Gasteiger partial charge in [0.1, 0.15) is 12.1 Å². The van der Waals surface area contributed by atoms with Crippen LogP contribution in [0.4, 0.5) is 5.82 Å². The number of aromatic nitrogens is 4. The monoisotopic (exact) mass is 263 g/mol. The summed E-state index contributed by atoms with van der Waals surface area (Å²) in [5.41, 5.74) is 0.885. The number of ether oxygens (including phenoxy) is 1. The largest absolute Gasteiger partial charge is 0.469 e. The van der Waals surface area contributed by atoms with Gasteiger partial charge in [0.15, 0.2) is 0 Å². The average Bonchev–Trinajstić information content (AvgIpc) is 2.85. The van der Waals surface area contributed by atoms with E-state index in [1.165, 1.54) is 13.4 Å². The highest BCUT2D eigenvalue weighted by Crippen LogP contribution is 2.14. The first-order chi connectivity index (χ1) is 9.11. The summed E-state index contributed by atoms with van der Waals surface area (Å²) in [5.74, 6) is 1.30. The first-order valence-corrected chi connectivity index (χ1v) is 6.07. The number of rotatable bonds is 5. The van der Waals surface area contributed by atoms with Crippen LogP contribution in [0.2, 0.25) is 0 Å². The van der Waals surface area contributed by atoms with Crippen molar-refractivity contribution in [1.82, 2.24) is 19.6 Å². The molecule has 0 fully saturated rings. The molecule has 7 heteroatoms. The van der Waals surface area contributed by atoms with E-state index in [4.69, 9.17) is 0 Å². The topological polar surface area (TPSA) is 72.6 Å². The highest BCUT2D eigenvalue weighted by atomic mass is 16.5. The van der Waals surface area contributed by atoms with Gasteiger partial charge in [-0.1, -0.05) is 0 Å². The SMILES string of the molecule is COC(=O)CCCN(C)c1cc(C)nc2ncnn12. The first-order valence-electron chi connectivity index (χ1n) is 6.07. The van der Waals surface area contributed by atoms with Gasteiger partial charge < -0.3 is 9.64 Å². The van der Waals surface area contributed by atoms with Crippen LogP contribution in [0.1, 0.15) is 18.5 Å². The molecule has 0 aromatic carbocycles. The Balaban J connectivity index is 2.10. The number of hydrogen-bond acceptors (Lipinski definition) is 6. The first kappa shape index (κ1) is 13.3. The molecule has 0 aliphatic carbocycles. The standard InChI is InChI=1S/C12H17N5O2/c1-9-7-10(17-12(15-9)13-8-14-17)16(2)6-4-5-11(18)19-3/h7-8H,4-6H2,1-3H3. The molecule has 0 spiro atoms. The van der Waals surface area contributed by atoms with Crippen LogP contribution in [0.5, 0.6) is 0 Å². The molecule has 0 saturated heterocycles. The van der Waals surface area contributed by atoms with Gasteiger partial charge >= 0.3 is 5.97 Å². The van der Waals surface area contributed by atoms with Gasteiger partial charge in [0.25, 0.3) is 5.78 Å². The van der Waals surface area contributed by atoms with E-state index in [2.05, 4.69) is 19.8 Å². The maximum absolute atomic E-state index is 11.1. The maximum Gasteiger partial charge on any atom is 0.305 e. The molecular formula is C12H17N5O2. The molecule has 0 aliphatic heterocycles. The van der Waals surface area contributed by atoms with Gasteiger partial charge in [-0.3, -0.25) is 4.79 Å². The molecule has 0 radical (unpaired) electrons. The number of methoxy groups -OCH3 is 1. The molecule has 2 heterocycles. The summed E-state index contributed by atoms with van der Waals surface area (Å²) in [5, 5.41) is 4.15. The number of carbonyl (C=O) groups excluding carboxylic acids is 1. The molecule has 0 aliphatic rings. The molecule has 2 aromatic heterocycles. The van der Waals surface area contributed by atoms with Crippen molar-refractivity contribution in [2.24, 2.45) is 0 Å². The van der Waals surface area contributed by atoms with Crippen LogP contribution in [-0.2, 0) is 9.53 Å². The van der Waals surface area contributed by atoms with Gasteiger partial charge in [0, 0.05) is 31.8 Å². The minimum atomic E-state index is -0.190. The maximum atomic E-state index is 11.1. The smallest absolute Gasteiger partial charge is 0.305 e. The lowest BCUT2D eigenvalue weighted by Gasteiger charge is -2.19. The van der Waals surface area contributed by atoms with E-state index in [1.807, 2.05) is 24.9 Å². The Kier molecular flexibility index (Phi) is 3.94. The summed E-state index contributed by atoms with van der Waals surface area (Å²) < 4.78 is 6.31. The van der Waals surface area contributed by atoms with Gasteiger partial charge in [0.05, 0.1) is 7.11 Å². The predicted molar refractivity (Wildman–Crippen MR) is 70.0 cm³/mol. The molecule has 0 atom stereocenters. The number of esters is 1. The van der Waals surface area contributed by atoms with Gasteiger partial charge in [-0.2, -0.15) is 14.6 Å². The van der Waals surface area contributed by atoms with Crippen LogP contribution >= 0.6 is 0 Å². The van der Waals surface area contributed by atoms with Crippen molar-refractivity contribution >= 4 is 17.6 Å². The summed E-state index contributed by atoms with van der Waals surface area (Å²) >= 11 is 0. The molecule has 0 N–H and O–H groups in total. The van der Waals surface area contributed by atoms with Gasteiger partial charge in [-0.25, -0.2) is 4.98 Å². The Morgan fingerprint density at radius 2 is 2.32 bits per heavy atom. The number of aryl methyl sites for hydroxylation is 1. The Morgan fingerprint density at radius 1 is 1.53 bits per heavy atom. The van der Waals surface area contributed by atoms with E-state index in [0.29, 0.717) is 12.2 Å². The third-order valence-electron chi connectivity index (χ3n) is 2.85. The summed E-state index contributed by atoms with van der Waals surface area (Å²) in [7, 11) is 3.35. The van der Waals surface area contributed by atoms with Crippen molar-refractivity contribution < 1.29 is 9.53 Å². The fraction of sp³-hybridized carbons (Fsp3) is 0.500. The Labute approximate surface area is 111 Å². The normalized spacial score (nSPS) is 10.7. The number of hydrogen-bond donors (Lipinski definition) is 0. The number of fused-ring (bicyclic) bond motifs is 1. The lowest BCUT2D eigenvalue weighted by Crippen LogP contribution is -2.22. The lowest BCUT2D eigenvalue weighted by atomic mass is 10.3. The van der Waals surface area contributed by atoms with Gasteiger partial charge in [-0.15, -0.1) is 0 Å². The van der Waals surface area contributed by atoms with Crippen molar-refractivity contribution in [3.63, 3.8) is 0 Å². The molecule has 0 saturated carbocycles. The molecule has 19 heavy (non-hydrogen) atoms. The van der Waals surface area contributed by atoms with E-state index in [-0.39, 0.29) is 5.97 Å². The highest BCUT2D eigenvalue weighted by Gasteiger charge is 2.10. The quantitative estimate of drug-likeness (QED) is 0.744. The van der Waals surface area contributed by atoms with Gasteiger partial charge in [0.2, 0.25) is 0 Å². The minimum absolute atomic E-state index is 0.190. The zero-order chi connectivity index (χ0) is 13.8. The molecule has 2 aromatic rings. The molecule has 0 unspecified atom stereocenters. The summed E-state index contributed by atoms with van der Waals surface area (Å²) in [6.07, 6.45) is 2.61. The van der Waals surface area contributed by atoms with Crippen LogP contribution in [-0.4, -0.2) is 46.3 Å². The van der Waals surface area contributed by atoms with Crippen molar-refractivity contribution in [1.29, 1.82) is 0 Å². The van der Waals surface area contributed by atoms with E-state index < -0.39 is 0 Å². The number of nitrogens with zero attached hydrogens (tertiary/aromatic N) is 5. The van der Waals surface area contributed by atoms with Crippen molar-refractivity contribution in [2.75, 3.05) is 25.6 Å². The zero-order valence-electron chi connectivity index (χ0n) is 11.3. The summed E-state index contributed by atoms with van der Waals surface area (Å²) in [6.45, 7) is 2.65. The van der Waals surface area contributed by atoms with Crippen LogP contribution < -0.4 is 4.90 Å². The molecule has 2 rings (SSSR count). The number of carbonyl (C=O) groups is 1. The van der Waals surface area contributed by atoms with Crippen LogP contribution in [0.3, 0.4) is 0 Å². The highest BCUT2D eigenvalue weighted by molar-refractivity contribution is 5.69. The Bertz CT molecular complexity index is 581. The summed E-state index contributed by atoms with van der Waals surface area (Å²) in [6, 6.07) is 1.94. The second kappa shape index (κ2) is 5.64. The molecule has 102 valence electrons. The number of anilines is 1. The van der Waals surface area contributed by atoms with E-state index in [1.54, 1.807) is 4.52 Å². The van der Waals surface area contributed by atoms with Crippen molar-refractivity contribution in [2.45, 2.75) is 19.8 Å². The van der Waals surface area contributed by atoms with Gasteiger partial charge in [-0.05, 0) is 13.3 Å². The fourth-order valence-corrected chi connectivity index (χ4v) is 1.86. The molecule has 0 bridgehead atoms. The third kappa shape index (κ3) is 2.98. The second-order valence-electron chi connectivity index (χ2n) is 4.33. The van der Waals surface area contributed by atoms with Crippen LogP contribution in [0.15, 0.2) is 12.4 Å². The zero-order valence-corrected chi connectivity index (χ0v) is 11.3. The third-order valence-corrected chi connectivity index (χ3v) is 2.85. The van der Waals surface area contributed by atoms with Crippen LogP contribution in [0, 0.1) is 6.92 Å². The molecular weight excluding hydrogens is 246 g/mol. The second-order valence-corrected chi connectivity index (χ2v) is 4.33. The van der Waals surface area contributed by atoms with Crippen molar-refractivity contribution in [3.05, 3.63) is 18.1 Å². The fourth-order valence-electron chi connectivity index (χ4n) is 1.86. The van der Waals surface area contributed by atoms with E-state index in [0.717, 1.165) is 24.5 Å². The average molecular weight is 263 g/mol. The van der Waals surface area contributed by atoms with Crippen molar-refractivity contribution in [3.8, 4) is 0 Å². The van der Waals surface area contributed by atoms with Crippen LogP contribution in [0.25, 0.3) is 5.78 Å².